The maximum absolute atomic E-state index is 11.6. The minimum atomic E-state index is -0.567. The molecule has 4 nitrogen and oxygen atoms in total. The van der Waals surface area contributed by atoms with E-state index in [1.165, 1.54) is 13.0 Å². The molecule has 0 heterocycles. The summed E-state index contributed by atoms with van der Waals surface area (Å²) in [6, 6.07) is 6.88. The Balaban J connectivity index is 2.97. The molecular weight excluding hydrogens is 254 g/mol. The van der Waals surface area contributed by atoms with Crippen molar-refractivity contribution in [1.29, 1.82) is 0 Å². The molecule has 0 spiro atoms. The van der Waals surface area contributed by atoms with Gasteiger partial charge in [0.05, 0.1) is 6.61 Å². The van der Waals surface area contributed by atoms with Crippen molar-refractivity contribution in [2.45, 2.75) is 13.8 Å². The number of hydrogen-bond donors (Lipinski definition) is 1. The summed E-state index contributed by atoms with van der Waals surface area (Å²) in [6.45, 7) is 3.27. The van der Waals surface area contributed by atoms with Crippen molar-refractivity contribution in [3.8, 4) is 0 Å². The van der Waals surface area contributed by atoms with Crippen molar-refractivity contribution in [3.05, 3.63) is 40.5 Å². The van der Waals surface area contributed by atoms with Crippen LogP contribution in [0.5, 0.6) is 0 Å². The predicted molar refractivity (Wildman–Crippen MR) is 69.9 cm³/mol. The second kappa shape index (κ2) is 6.81. The maximum atomic E-state index is 11.6. The van der Waals surface area contributed by atoms with Gasteiger partial charge in [0.2, 0.25) is 5.91 Å². The Labute approximate surface area is 111 Å². The van der Waals surface area contributed by atoms with Crippen LogP contribution in [0, 0.1) is 0 Å². The number of halogens is 1. The zero-order valence-corrected chi connectivity index (χ0v) is 11.0. The van der Waals surface area contributed by atoms with E-state index in [2.05, 4.69) is 5.32 Å². The Morgan fingerprint density at radius 3 is 2.44 bits per heavy atom. The minimum Gasteiger partial charge on any atom is -0.461 e. The van der Waals surface area contributed by atoms with Crippen LogP contribution in [-0.2, 0) is 14.3 Å². The molecule has 0 atom stereocenters. The number of rotatable bonds is 4. The van der Waals surface area contributed by atoms with Crippen LogP contribution in [-0.4, -0.2) is 18.5 Å². The lowest BCUT2D eigenvalue weighted by atomic mass is 10.2. The number of nitrogens with one attached hydrogen (secondary N) is 1. The van der Waals surface area contributed by atoms with Crippen molar-refractivity contribution in [3.63, 3.8) is 0 Å². The minimum absolute atomic E-state index is 0.103. The van der Waals surface area contributed by atoms with Gasteiger partial charge in [0.25, 0.3) is 0 Å². The summed E-state index contributed by atoms with van der Waals surface area (Å²) in [5.74, 6) is -0.897. The fraction of sp³-hybridized carbons (Fsp3) is 0.231. The summed E-state index contributed by atoms with van der Waals surface area (Å²) < 4.78 is 4.85. The van der Waals surface area contributed by atoms with E-state index in [4.69, 9.17) is 16.3 Å². The number of carbonyl (C=O) groups is 2. The van der Waals surface area contributed by atoms with E-state index >= 15 is 0 Å². The molecule has 0 aliphatic rings. The highest BCUT2D eigenvalue weighted by Gasteiger charge is 2.11. The highest BCUT2D eigenvalue weighted by Crippen LogP contribution is 2.12. The smallest absolute Gasteiger partial charge is 0.354 e. The van der Waals surface area contributed by atoms with E-state index in [0.29, 0.717) is 5.02 Å². The van der Waals surface area contributed by atoms with Crippen molar-refractivity contribution >= 4 is 29.6 Å². The largest absolute Gasteiger partial charge is 0.461 e. The number of esters is 1. The summed E-state index contributed by atoms with van der Waals surface area (Å²) in [6.07, 6.45) is 1.54. The van der Waals surface area contributed by atoms with Gasteiger partial charge in [0.1, 0.15) is 5.70 Å². The lowest BCUT2D eigenvalue weighted by molar-refractivity contribution is -0.139. The highest BCUT2D eigenvalue weighted by atomic mass is 35.5. The monoisotopic (exact) mass is 267 g/mol. The molecule has 0 saturated heterocycles. The zero-order valence-electron chi connectivity index (χ0n) is 10.2. The fourth-order valence-electron chi connectivity index (χ4n) is 1.27. The first kappa shape index (κ1) is 14.3. The average Bonchev–Trinajstić information content (AvgIpc) is 2.31. The summed E-state index contributed by atoms with van der Waals surface area (Å²) in [5, 5.41) is 3.04. The predicted octanol–water partition coefficient (Wildman–Crippen LogP) is 2.38. The van der Waals surface area contributed by atoms with E-state index < -0.39 is 5.97 Å². The van der Waals surface area contributed by atoms with Crippen molar-refractivity contribution in [2.24, 2.45) is 0 Å². The van der Waals surface area contributed by atoms with Crippen LogP contribution < -0.4 is 5.32 Å². The van der Waals surface area contributed by atoms with E-state index in [1.807, 2.05) is 0 Å². The van der Waals surface area contributed by atoms with Gasteiger partial charge in [-0.2, -0.15) is 0 Å². The second-order valence-electron chi connectivity index (χ2n) is 3.51. The maximum Gasteiger partial charge on any atom is 0.354 e. The van der Waals surface area contributed by atoms with Crippen LogP contribution in [0.2, 0.25) is 5.02 Å². The summed E-state index contributed by atoms with van der Waals surface area (Å²) in [4.78, 5) is 22.6. The summed E-state index contributed by atoms with van der Waals surface area (Å²) in [7, 11) is 0. The third-order valence-corrected chi connectivity index (χ3v) is 2.24. The molecule has 0 saturated carbocycles. The Hall–Kier alpha value is -1.81. The molecule has 0 aliphatic heterocycles. The zero-order chi connectivity index (χ0) is 13.5. The number of carbonyl (C=O) groups excluding carboxylic acids is 2. The SMILES string of the molecule is CCOC(=O)/C(=C\c1ccc(Cl)cc1)NC(C)=O. The van der Waals surface area contributed by atoms with E-state index in [9.17, 15) is 9.59 Å². The van der Waals surface area contributed by atoms with E-state index in [0.717, 1.165) is 5.56 Å². The van der Waals surface area contributed by atoms with Crippen LogP contribution >= 0.6 is 11.6 Å². The molecule has 1 aromatic rings. The van der Waals surface area contributed by atoms with Gasteiger partial charge in [-0.25, -0.2) is 4.79 Å². The van der Waals surface area contributed by atoms with Gasteiger partial charge in [-0.1, -0.05) is 23.7 Å². The third kappa shape index (κ3) is 4.59. The first-order valence-electron chi connectivity index (χ1n) is 5.45. The molecular formula is C13H14ClNO3. The van der Waals surface area contributed by atoms with Crippen LogP contribution in [0.25, 0.3) is 6.08 Å². The van der Waals surface area contributed by atoms with Gasteiger partial charge in [0.15, 0.2) is 0 Å². The second-order valence-corrected chi connectivity index (χ2v) is 3.95. The van der Waals surface area contributed by atoms with Crippen LogP contribution in [0.1, 0.15) is 19.4 Å². The van der Waals surface area contributed by atoms with E-state index in [1.54, 1.807) is 31.2 Å². The Bertz CT molecular complexity index is 466. The molecule has 0 bridgehead atoms. The molecule has 18 heavy (non-hydrogen) atoms. The number of amides is 1. The number of ether oxygens (including phenoxy) is 1. The number of benzene rings is 1. The average molecular weight is 268 g/mol. The Kier molecular flexibility index (Phi) is 5.39. The topological polar surface area (TPSA) is 55.4 Å². The molecule has 0 unspecified atom stereocenters. The Morgan fingerprint density at radius 1 is 1.33 bits per heavy atom. The molecule has 0 fully saturated rings. The molecule has 1 aromatic carbocycles. The normalized spacial score (nSPS) is 10.9. The molecule has 1 rings (SSSR count). The fourth-order valence-corrected chi connectivity index (χ4v) is 1.40. The quantitative estimate of drug-likeness (QED) is 0.673. The molecule has 5 heteroatoms. The Morgan fingerprint density at radius 2 is 1.94 bits per heavy atom. The van der Waals surface area contributed by atoms with Gasteiger partial charge >= 0.3 is 5.97 Å². The van der Waals surface area contributed by atoms with Gasteiger partial charge in [-0.3, -0.25) is 4.79 Å². The lowest BCUT2D eigenvalue weighted by Crippen LogP contribution is -2.26. The summed E-state index contributed by atoms with van der Waals surface area (Å²) in [5.41, 5.74) is 0.850. The summed E-state index contributed by atoms with van der Waals surface area (Å²) >= 11 is 5.76. The molecule has 0 radical (unpaired) electrons. The van der Waals surface area contributed by atoms with Crippen LogP contribution in [0.15, 0.2) is 30.0 Å². The van der Waals surface area contributed by atoms with Gasteiger partial charge < -0.3 is 10.1 Å². The molecule has 1 amide bonds. The van der Waals surface area contributed by atoms with Gasteiger partial charge in [-0.05, 0) is 30.7 Å². The van der Waals surface area contributed by atoms with Crippen LogP contribution in [0.3, 0.4) is 0 Å². The van der Waals surface area contributed by atoms with Crippen molar-refractivity contribution in [2.75, 3.05) is 6.61 Å². The molecule has 1 N–H and O–H groups in total. The molecule has 0 aromatic heterocycles. The van der Waals surface area contributed by atoms with Gasteiger partial charge in [0, 0.05) is 11.9 Å². The molecule has 0 aliphatic carbocycles. The first-order chi connectivity index (χ1) is 8.52. The highest BCUT2D eigenvalue weighted by molar-refractivity contribution is 6.30. The third-order valence-electron chi connectivity index (χ3n) is 1.99. The standard InChI is InChI=1S/C13H14ClNO3/c1-3-18-13(17)12(15-9(2)16)8-10-4-6-11(14)7-5-10/h4-8H,3H2,1-2H3,(H,15,16)/b12-8+. The number of hydrogen-bond acceptors (Lipinski definition) is 3. The van der Waals surface area contributed by atoms with E-state index in [-0.39, 0.29) is 18.2 Å². The van der Waals surface area contributed by atoms with Crippen molar-refractivity contribution in [1.82, 2.24) is 5.32 Å². The van der Waals surface area contributed by atoms with Crippen molar-refractivity contribution < 1.29 is 14.3 Å². The van der Waals surface area contributed by atoms with Crippen LogP contribution in [0.4, 0.5) is 0 Å². The first-order valence-corrected chi connectivity index (χ1v) is 5.82. The van der Waals surface area contributed by atoms with Gasteiger partial charge in [-0.15, -0.1) is 0 Å². The lowest BCUT2D eigenvalue weighted by Gasteiger charge is -2.07. The molecule has 96 valence electrons.